The molecule has 0 radical (unpaired) electrons. The fourth-order valence-corrected chi connectivity index (χ4v) is 2.37. The summed E-state index contributed by atoms with van der Waals surface area (Å²) in [6.07, 6.45) is 0.121. The highest BCUT2D eigenvalue weighted by Gasteiger charge is 2.31. The normalized spacial score (nSPS) is 16.3. The third kappa shape index (κ3) is 9.68. The molecule has 29 heavy (non-hydrogen) atoms. The maximum atomic E-state index is 12.4. The van der Waals surface area contributed by atoms with Crippen LogP contribution in [0.1, 0.15) is 47.0 Å². The van der Waals surface area contributed by atoms with Crippen LogP contribution in [0, 0.1) is 5.92 Å². The van der Waals surface area contributed by atoms with Crippen LogP contribution in [-0.2, 0) is 19.2 Å². The molecule has 0 spiro atoms. The van der Waals surface area contributed by atoms with Crippen LogP contribution in [0.25, 0.3) is 0 Å². The highest BCUT2D eigenvalue weighted by Crippen LogP contribution is 2.03. The summed E-state index contributed by atoms with van der Waals surface area (Å²) in [6, 6.07) is -4.38. The molecule has 0 aliphatic heterocycles. The number of hydrogen-bond acceptors (Lipinski definition) is 7. The van der Waals surface area contributed by atoms with E-state index >= 15 is 0 Å². The molecule has 0 rings (SSSR count). The Kier molecular flexibility index (Phi) is 12.1. The van der Waals surface area contributed by atoms with Crippen molar-refractivity contribution in [3.8, 4) is 0 Å². The molecule has 3 amide bonds. The van der Waals surface area contributed by atoms with Gasteiger partial charge in [0, 0.05) is 0 Å². The van der Waals surface area contributed by atoms with E-state index in [2.05, 4.69) is 16.0 Å². The zero-order valence-electron chi connectivity index (χ0n) is 17.5. The molecule has 0 aromatic carbocycles. The van der Waals surface area contributed by atoms with Crippen molar-refractivity contribution in [2.75, 3.05) is 6.54 Å². The van der Waals surface area contributed by atoms with E-state index in [9.17, 15) is 29.4 Å². The molecular weight excluding hydrogens is 382 g/mol. The SMILES string of the molecule is CC(NC(=O)C(NC(=O)C(N)C(C)C)C(C)O)C(=O)NC(CCCCN)C(=O)O. The van der Waals surface area contributed by atoms with Crippen molar-refractivity contribution in [3.63, 3.8) is 0 Å². The van der Waals surface area contributed by atoms with Crippen molar-refractivity contribution in [3.05, 3.63) is 0 Å². The Morgan fingerprint density at radius 2 is 1.48 bits per heavy atom. The predicted molar refractivity (Wildman–Crippen MR) is 107 cm³/mol. The first kappa shape index (κ1) is 26.8. The van der Waals surface area contributed by atoms with Gasteiger partial charge in [-0.05, 0) is 45.6 Å². The number of nitrogens with one attached hydrogen (secondary N) is 3. The maximum absolute atomic E-state index is 12.4. The van der Waals surface area contributed by atoms with Gasteiger partial charge in [-0.15, -0.1) is 0 Å². The van der Waals surface area contributed by atoms with Gasteiger partial charge >= 0.3 is 5.97 Å². The minimum Gasteiger partial charge on any atom is -0.480 e. The van der Waals surface area contributed by atoms with E-state index in [1.165, 1.54) is 13.8 Å². The number of aliphatic carboxylic acids is 1. The Bertz CT molecular complexity index is 569. The predicted octanol–water partition coefficient (Wildman–Crippen LogP) is -1.96. The second-order valence-corrected chi connectivity index (χ2v) is 7.41. The van der Waals surface area contributed by atoms with Crippen LogP contribution in [-0.4, -0.2) is 70.7 Å². The Labute approximate surface area is 171 Å². The minimum absolute atomic E-state index is 0.176. The van der Waals surface area contributed by atoms with Crippen LogP contribution in [0.2, 0.25) is 0 Å². The third-order valence-electron chi connectivity index (χ3n) is 4.40. The summed E-state index contributed by atoms with van der Waals surface area (Å²) in [6.45, 7) is 6.57. The standard InChI is InChI=1S/C18H35N5O6/c1-9(2)13(20)16(26)23-14(11(4)24)17(27)21-10(3)15(25)22-12(18(28)29)7-5-6-8-19/h9-14,24H,5-8,19-20H2,1-4H3,(H,21,27)(H,22,25)(H,23,26)(H,28,29). The smallest absolute Gasteiger partial charge is 0.326 e. The number of rotatable bonds is 13. The first-order valence-corrected chi connectivity index (χ1v) is 9.69. The monoisotopic (exact) mass is 417 g/mol. The molecule has 11 nitrogen and oxygen atoms in total. The molecule has 168 valence electrons. The highest BCUT2D eigenvalue weighted by atomic mass is 16.4. The van der Waals surface area contributed by atoms with Crippen molar-refractivity contribution in [1.82, 2.24) is 16.0 Å². The number of carboxylic acids is 1. The number of carboxylic acid groups (broad SMARTS) is 1. The Hall–Kier alpha value is -2.24. The fraction of sp³-hybridized carbons (Fsp3) is 0.778. The average Bonchev–Trinajstić information content (AvgIpc) is 2.63. The number of hydrogen-bond donors (Lipinski definition) is 7. The van der Waals surface area contributed by atoms with Crippen LogP contribution in [0.5, 0.6) is 0 Å². The number of nitrogens with two attached hydrogens (primary N) is 2. The lowest BCUT2D eigenvalue weighted by molar-refractivity contribution is -0.142. The first-order chi connectivity index (χ1) is 13.4. The zero-order chi connectivity index (χ0) is 22.7. The topological polar surface area (TPSA) is 197 Å². The van der Waals surface area contributed by atoms with Crippen LogP contribution in [0.15, 0.2) is 0 Å². The van der Waals surface area contributed by atoms with E-state index in [1.807, 2.05) is 0 Å². The molecule has 11 heteroatoms. The van der Waals surface area contributed by atoms with Crippen molar-refractivity contribution < 1.29 is 29.4 Å². The van der Waals surface area contributed by atoms with Gasteiger partial charge < -0.3 is 37.6 Å². The molecule has 0 saturated carbocycles. The van der Waals surface area contributed by atoms with Crippen molar-refractivity contribution in [2.45, 2.75) is 77.2 Å². The summed E-state index contributed by atoms with van der Waals surface area (Å²) in [7, 11) is 0. The molecule has 0 aromatic heterocycles. The van der Waals surface area contributed by atoms with Crippen LogP contribution in [0.4, 0.5) is 0 Å². The van der Waals surface area contributed by atoms with E-state index in [1.54, 1.807) is 13.8 Å². The summed E-state index contributed by atoms with van der Waals surface area (Å²) >= 11 is 0. The molecule has 0 aliphatic rings. The van der Waals surface area contributed by atoms with Gasteiger partial charge in [-0.25, -0.2) is 4.79 Å². The fourth-order valence-electron chi connectivity index (χ4n) is 2.37. The minimum atomic E-state index is -1.32. The molecule has 0 heterocycles. The second kappa shape index (κ2) is 13.1. The molecule has 0 aromatic rings. The first-order valence-electron chi connectivity index (χ1n) is 9.69. The Balaban J connectivity index is 4.92. The summed E-state index contributed by atoms with van der Waals surface area (Å²) in [5.74, 6) is -3.46. The molecule has 9 N–H and O–H groups in total. The van der Waals surface area contributed by atoms with Gasteiger partial charge in [0.25, 0.3) is 0 Å². The van der Waals surface area contributed by atoms with Gasteiger partial charge in [0.15, 0.2) is 0 Å². The number of aliphatic hydroxyl groups excluding tert-OH is 1. The molecule has 0 bridgehead atoms. The van der Waals surface area contributed by atoms with Crippen LogP contribution in [0.3, 0.4) is 0 Å². The average molecular weight is 418 g/mol. The summed E-state index contributed by atoms with van der Waals surface area (Å²) in [5.41, 5.74) is 11.1. The second-order valence-electron chi connectivity index (χ2n) is 7.41. The number of unbranched alkanes of at least 4 members (excludes halogenated alkanes) is 1. The Morgan fingerprint density at radius 1 is 0.897 bits per heavy atom. The van der Waals surface area contributed by atoms with E-state index in [0.717, 1.165) is 0 Å². The van der Waals surface area contributed by atoms with Crippen LogP contribution < -0.4 is 27.4 Å². The summed E-state index contributed by atoms with van der Waals surface area (Å²) in [5, 5.41) is 26.2. The number of carbonyl (C=O) groups is 4. The van der Waals surface area contributed by atoms with E-state index in [4.69, 9.17) is 11.5 Å². The van der Waals surface area contributed by atoms with Crippen molar-refractivity contribution in [1.29, 1.82) is 0 Å². The summed E-state index contributed by atoms with van der Waals surface area (Å²) < 4.78 is 0. The molecule has 5 atom stereocenters. The third-order valence-corrected chi connectivity index (χ3v) is 4.40. The van der Waals surface area contributed by atoms with Gasteiger partial charge in [-0.3, -0.25) is 14.4 Å². The summed E-state index contributed by atoms with van der Waals surface area (Å²) in [4.78, 5) is 48.1. The lowest BCUT2D eigenvalue weighted by Gasteiger charge is -2.25. The number of aliphatic hydroxyl groups is 1. The molecule has 0 saturated heterocycles. The van der Waals surface area contributed by atoms with Gasteiger partial charge in [-0.1, -0.05) is 13.8 Å². The molecule has 0 fully saturated rings. The Morgan fingerprint density at radius 3 is 1.93 bits per heavy atom. The lowest BCUT2D eigenvalue weighted by Crippen LogP contribution is -2.59. The zero-order valence-corrected chi connectivity index (χ0v) is 17.5. The largest absolute Gasteiger partial charge is 0.480 e. The van der Waals surface area contributed by atoms with Gasteiger partial charge in [0.1, 0.15) is 18.1 Å². The number of carbonyl (C=O) groups excluding carboxylic acids is 3. The van der Waals surface area contributed by atoms with Gasteiger partial charge in [0.2, 0.25) is 17.7 Å². The lowest BCUT2D eigenvalue weighted by atomic mass is 10.0. The maximum Gasteiger partial charge on any atom is 0.326 e. The quantitative estimate of drug-likeness (QED) is 0.168. The molecule has 5 unspecified atom stereocenters. The van der Waals surface area contributed by atoms with Gasteiger partial charge in [0.05, 0.1) is 12.1 Å². The van der Waals surface area contributed by atoms with E-state index in [0.29, 0.717) is 19.4 Å². The highest BCUT2D eigenvalue weighted by molar-refractivity contribution is 5.94. The number of amides is 3. The van der Waals surface area contributed by atoms with E-state index in [-0.39, 0.29) is 12.3 Å². The molecular formula is C18H35N5O6. The van der Waals surface area contributed by atoms with E-state index < -0.39 is 54.0 Å². The van der Waals surface area contributed by atoms with Crippen molar-refractivity contribution >= 4 is 23.7 Å². The van der Waals surface area contributed by atoms with Crippen LogP contribution >= 0.6 is 0 Å². The van der Waals surface area contributed by atoms with Gasteiger partial charge in [-0.2, -0.15) is 0 Å². The van der Waals surface area contributed by atoms with Crippen molar-refractivity contribution in [2.24, 2.45) is 17.4 Å². The molecule has 0 aliphatic carbocycles.